The van der Waals surface area contributed by atoms with Gasteiger partial charge in [0.25, 0.3) is 0 Å². The van der Waals surface area contributed by atoms with Gasteiger partial charge in [-0.1, -0.05) is 42.5 Å². The van der Waals surface area contributed by atoms with Crippen LogP contribution in [0.1, 0.15) is 11.1 Å². The Balaban J connectivity index is 1.54. The van der Waals surface area contributed by atoms with Crippen LogP contribution in [0.15, 0.2) is 72.8 Å². The van der Waals surface area contributed by atoms with Crippen LogP contribution in [0.3, 0.4) is 0 Å². The van der Waals surface area contributed by atoms with E-state index < -0.39 is 5.82 Å². The largest absolute Gasteiger partial charge is 0.486 e. The van der Waals surface area contributed by atoms with E-state index in [1.54, 1.807) is 30.3 Å². The number of nitrogens with one attached hydrogen (secondary N) is 2. The number of hydrogen-bond donors (Lipinski definition) is 2. The first-order valence-electron chi connectivity index (χ1n) is 7.91. The van der Waals surface area contributed by atoms with Gasteiger partial charge in [-0.3, -0.25) is 0 Å². The van der Waals surface area contributed by atoms with Crippen molar-refractivity contribution in [3.05, 3.63) is 95.6 Å². The van der Waals surface area contributed by atoms with Crippen molar-refractivity contribution in [1.82, 2.24) is 5.43 Å². The summed E-state index contributed by atoms with van der Waals surface area (Å²) in [6.45, 7) is 0.427. The van der Waals surface area contributed by atoms with E-state index in [1.807, 2.05) is 30.3 Å². The molecule has 3 aromatic rings. The van der Waals surface area contributed by atoms with Gasteiger partial charge >= 0.3 is 0 Å². The summed E-state index contributed by atoms with van der Waals surface area (Å²) in [7, 11) is 0. The molecule has 0 radical (unpaired) electrons. The van der Waals surface area contributed by atoms with E-state index in [0.29, 0.717) is 12.1 Å². The van der Waals surface area contributed by atoms with Crippen LogP contribution in [0.4, 0.5) is 14.5 Å². The molecule has 0 saturated heterocycles. The zero-order valence-electron chi connectivity index (χ0n) is 13.5. The molecule has 0 aliphatic heterocycles. The molecule has 5 heteroatoms. The van der Waals surface area contributed by atoms with Crippen LogP contribution in [0.5, 0.6) is 5.75 Å². The van der Waals surface area contributed by atoms with Gasteiger partial charge in [0.15, 0.2) is 11.6 Å². The second kappa shape index (κ2) is 8.26. The van der Waals surface area contributed by atoms with E-state index in [-0.39, 0.29) is 18.2 Å². The van der Waals surface area contributed by atoms with Gasteiger partial charge in [0.1, 0.15) is 12.4 Å². The second-order valence-corrected chi connectivity index (χ2v) is 5.49. The maximum atomic E-state index is 14.1. The van der Waals surface area contributed by atoms with E-state index in [9.17, 15) is 8.78 Å². The Hall–Kier alpha value is -2.92. The normalized spacial score (nSPS) is 10.5. The first-order chi connectivity index (χ1) is 12.2. The van der Waals surface area contributed by atoms with Crippen LogP contribution in [0.2, 0.25) is 0 Å². The minimum atomic E-state index is -0.477. The third-order valence-corrected chi connectivity index (χ3v) is 3.64. The van der Waals surface area contributed by atoms with Gasteiger partial charge in [-0.05, 0) is 35.9 Å². The fourth-order valence-corrected chi connectivity index (χ4v) is 2.31. The lowest BCUT2D eigenvalue weighted by molar-refractivity contribution is 0.284. The highest BCUT2D eigenvalue weighted by Gasteiger charge is 2.07. The number of benzene rings is 3. The summed E-state index contributed by atoms with van der Waals surface area (Å²) >= 11 is 0. The molecule has 0 aliphatic carbocycles. The number of anilines is 1. The molecule has 128 valence electrons. The van der Waals surface area contributed by atoms with Crippen molar-refractivity contribution in [2.75, 3.05) is 5.43 Å². The number of hydrogen-bond acceptors (Lipinski definition) is 3. The van der Waals surface area contributed by atoms with Crippen LogP contribution >= 0.6 is 0 Å². The molecule has 0 aliphatic rings. The molecule has 0 aromatic heterocycles. The average molecular weight is 340 g/mol. The Morgan fingerprint density at radius 2 is 1.56 bits per heavy atom. The number of hydrazine groups is 1. The van der Waals surface area contributed by atoms with Gasteiger partial charge in [-0.2, -0.15) is 0 Å². The molecule has 0 heterocycles. The van der Waals surface area contributed by atoms with Crippen LogP contribution in [-0.2, 0) is 13.2 Å². The smallest absolute Gasteiger partial charge is 0.165 e. The third kappa shape index (κ3) is 4.78. The summed E-state index contributed by atoms with van der Waals surface area (Å²) in [6, 6.07) is 20.6. The monoisotopic (exact) mass is 340 g/mol. The van der Waals surface area contributed by atoms with E-state index in [2.05, 4.69) is 10.9 Å². The Kier molecular flexibility index (Phi) is 5.59. The molecule has 0 amide bonds. The SMILES string of the molecule is Fc1ccccc1COc1ccc(CNNc2ccccc2)cc1F. The molecule has 0 bridgehead atoms. The number of ether oxygens (including phenoxy) is 1. The lowest BCUT2D eigenvalue weighted by Crippen LogP contribution is -2.20. The molecule has 0 spiro atoms. The highest BCUT2D eigenvalue weighted by molar-refractivity contribution is 5.41. The van der Waals surface area contributed by atoms with Gasteiger partial charge in [-0.25, -0.2) is 14.2 Å². The maximum Gasteiger partial charge on any atom is 0.165 e. The molecule has 0 atom stereocenters. The summed E-state index contributed by atoms with van der Waals surface area (Å²) < 4.78 is 33.1. The van der Waals surface area contributed by atoms with Crippen molar-refractivity contribution in [3.8, 4) is 5.75 Å². The fourth-order valence-electron chi connectivity index (χ4n) is 2.31. The van der Waals surface area contributed by atoms with E-state index in [4.69, 9.17) is 4.74 Å². The molecule has 0 unspecified atom stereocenters. The van der Waals surface area contributed by atoms with Gasteiger partial charge in [0.05, 0.1) is 0 Å². The molecule has 3 aromatic carbocycles. The maximum absolute atomic E-state index is 14.1. The van der Waals surface area contributed by atoms with Gasteiger partial charge in [-0.15, -0.1) is 0 Å². The molecule has 3 rings (SSSR count). The minimum Gasteiger partial charge on any atom is -0.486 e. The Labute approximate surface area is 145 Å². The lowest BCUT2D eigenvalue weighted by Gasteiger charge is -2.11. The number of rotatable bonds is 7. The van der Waals surface area contributed by atoms with Crippen LogP contribution < -0.4 is 15.6 Å². The molecule has 3 nitrogen and oxygen atoms in total. The highest BCUT2D eigenvalue weighted by atomic mass is 19.1. The topological polar surface area (TPSA) is 33.3 Å². The Morgan fingerprint density at radius 3 is 2.32 bits per heavy atom. The summed E-state index contributed by atoms with van der Waals surface area (Å²) in [5.41, 5.74) is 8.13. The van der Waals surface area contributed by atoms with E-state index in [0.717, 1.165) is 11.3 Å². The summed E-state index contributed by atoms with van der Waals surface area (Å²) in [5.74, 6) is -0.742. The Bertz CT molecular complexity index is 825. The minimum absolute atomic E-state index is 0.0171. The predicted molar refractivity (Wildman–Crippen MR) is 94.0 cm³/mol. The predicted octanol–water partition coefficient (Wildman–Crippen LogP) is 4.66. The molecular formula is C20H18F2N2O. The zero-order valence-corrected chi connectivity index (χ0v) is 13.5. The highest BCUT2D eigenvalue weighted by Crippen LogP contribution is 2.20. The van der Waals surface area contributed by atoms with Gasteiger partial charge < -0.3 is 10.2 Å². The first kappa shape index (κ1) is 16.9. The van der Waals surface area contributed by atoms with Gasteiger partial charge in [0.2, 0.25) is 0 Å². The number of halogens is 2. The summed E-state index contributed by atoms with van der Waals surface area (Å²) in [6.07, 6.45) is 0. The van der Waals surface area contributed by atoms with Crippen LogP contribution in [-0.4, -0.2) is 0 Å². The van der Waals surface area contributed by atoms with Crippen molar-refractivity contribution in [1.29, 1.82) is 0 Å². The Morgan fingerprint density at radius 1 is 0.800 bits per heavy atom. The zero-order chi connectivity index (χ0) is 17.5. The van der Waals surface area contributed by atoms with Crippen molar-refractivity contribution < 1.29 is 13.5 Å². The molecule has 25 heavy (non-hydrogen) atoms. The van der Waals surface area contributed by atoms with Crippen molar-refractivity contribution in [2.24, 2.45) is 0 Å². The van der Waals surface area contributed by atoms with Crippen molar-refractivity contribution >= 4 is 5.69 Å². The summed E-state index contributed by atoms with van der Waals surface area (Å²) in [4.78, 5) is 0. The number of para-hydroxylation sites is 1. The van der Waals surface area contributed by atoms with Gasteiger partial charge in [0, 0.05) is 17.8 Å². The van der Waals surface area contributed by atoms with E-state index >= 15 is 0 Å². The molecule has 0 saturated carbocycles. The summed E-state index contributed by atoms with van der Waals surface area (Å²) in [5, 5.41) is 0. The lowest BCUT2D eigenvalue weighted by atomic mass is 10.2. The fraction of sp³-hybridized carbons (Fsp3) is 0.100. The standard InChI is InChI=1S/C20H18F2N2O/c21-18-9-5-4-6-16(18)14-25-20-11-10-15(12-19(20)22)13-23-24-17-7-2-1-3-8-17/h1-12,23-24H,13-14H2. The second-order valence-electron chi connectivity index (χ2n) is 5.49. The van der Waals surface area contributed by atoms with Crippen molar-refractivity contribution in [2.45, 2.75) is 13.2 Å². The quantitative estimate of drug-likeness (QED) is 0.614. The molecule has 0 fully saturated rings. The van der Waals surface area contributed by atoms with Crippen molar-refractivity contribution in [3.63, 3.8) is 0 Å². The average Bonchev–Trinajstić information content (AvgIpc) is 2.63. The van der Waals surface area contributed by atoms with Crippen LogP contribution in [0.25, 0.3) is 0 Å². The first-order valence-corrected chi connectivity index (χ1v) is 7.91. The molecule has 2 N–H and O–H groups in total. The van der Waals surface area contributed by atoms with Crippen LogP contribution in [0, 0.1) is 11.6 Å². The van der Waals surface area contributed by atoms with E-state index in [1.165, 1.54) is 12.1 Å². The third-order valence-electron chi connectivity index (χ3n) is 3.64. The molecular weight excluding hydrogens is 322 g/mol.